The van der Waals surface area contributed by atoms with E-state index in [9.17, 15) is 4.79 Å². The number of hydrogen-bond acceptors (Lipinski definition) is 3. The van der Waals surface area contributed by atoms with E-state index in [1.54, 1.807) is 6.92 Å². The van der Waals surface area contributed by atoms with Crippen molar-refractivity contribution in [3.05, 3.63) is 23.2 Å². The number of aryl methyl sites for hydroxylation is 2. The van der Waals surface area contributed by atoms with E-state index in [1.165, 1.54) is 10.7 Å². The molecule has 5 nitrogen and oxygen atoms in total. The Labute approximate surface area is 73.6 Å². The van der Waals surface area contributed by atoms with Crippen molar-refractivity contribution in [2.75, 3.05) is 0 Å². The molecule has 2 aromatic heterocycles. The number of aromatic nitrogens is 2. The smallest absolute Gasteiger partial charge is 0.342 e. The van der Waals surface area contributed by atoms with Crippen molar-refractivity contribution in [2.24, 2.45) is 0 Å². The zero-order valence-electron chi connectivity index (χ0n) is 7.24. The Kier molecular flexibility index (Phi) is 1.42. The molecular formula is C8H8N2O3. The third-order valence-electron chi connectivity index (χ3n) is 2.03. The molecule has 1 N–H and O–H groups in total. The predicted molar refractivity (Wildman–Crippen MR) is 43.9 cm³/mol. The van der Waals surface area contributed by atoms with Crippen molar-refractivity contribution in [1.82, 2.24) is 9.61 Å². The third-order valence-corrected chi connectivity index (χ3v) is 2.03. The van der Waals surface area contributed by atoms with Gasteiger partial charge in [0.05, 0.1) is 11.9 Å². The number of carbonyl (C=O) groups is 1. The van der Waals surface area contributed by atoms with Gasteiger partial charge in [0.1, 0.15) is 11.3 Å². The summed E-state index contributed by atoms with van der Waals surface area (Å²) in [6.45, 7) is 3.60. The molecule has 0 atom stereocenters. The molecule has 13 heavy (non-hydrogen) atoms. The molecule has 2 heterocycles. The van der Waals surface area contributed by atoms with Crippen LogP contribution in [0.2, 0.25) is 0 Å². The highest BCUT2D eigenvalue weighted by Crippen LogP contribution is 2.17. The molecule has 0 aliphatic rings. The number of aromatic carboxylic acids is 1. The molecule has 2 rings (SSSR count). The van der Waals surface area contributed by atoms with Gasteiger partial charge < -0.3 is 9.52 Å². The average molecular weight is 180 g/mol. The van der Waals surface area contributed by atoms with Crippen LogP contribution in [0.3, 0.4) is 0 Å². The number of carboxylic acids is 1. The summed E-state index contributed by atoms with van der Waals surface area (Å²) < 4.78 is 6.74. The maximum absolute atomic E-state index is 10.7. The van der Waals surface area contributed by atoms with Gasteiger partial charge in [-0.1, -0.05) is 0 Å². The summed E-state index contributed by atoms with van der Waals surface area (Å²) in [7, 11) is 0. The quantitative estimate of drug-likeness (QED) is 0.716. The molecule has 0 unspecified atom stereocenters. The number of rotatable bonds is 1. The van der Waals surface area contributed by atoms with Crippen LogP contribution in [0.15, 0.2) is 10.6 Å². The van der Waals surface area contributed by atoms with Crippen LogP contribution in [0.5, 0.6) is 0 Å². The molecule has 68 valence electrons. The van der Waals surface area contributed by atoms with Crippen molar-refractivity contribution in [3.63, 3.8) is 0 Å². The van der Waals surface area contributed by atoms with Crippen LogP contribution in [0.25, 0.3) is 5.71 Å². The number of carboxylic acid groups (broad SMARTS) is 1. The van der Waals surface area contributed by atoms with E-state index < -0.39 is 5.97 Å². The van der Waals surface area contributed by atoms with Crippen LogP contribution in [-0.4, -0.2) is 20.7 Å². The van der Waals surface area contributed by atoms with E-state index in [2.05, 4.69) is 5.10 Å². The Morgan fingerprint density at radius 1 is 1.62 bits per heavy atom. The fourth-order valence-corrected chi connectivity index (χ4v) is 1.19. The molecule has 5 heteroatoms. The SMILES string of the molecule is Cc1oc2c(C(=O)O)cnn2c1C. The minimum absolute atomic E-state index is 0.0937. The van der Waals surface area contributed by atoms with E-state index in [0.29, 0.717) is 11.5 Å². The molecule has 0 saturated heterocycles. The zero-order chi connectivity index (χ0) is 9.59. The summed E-state index contributed by atoms with van der Waals surface area (Å²) in [5, 5.41) is 12.7. The van der Waals surface area contributed by atoms with E-state index >= 15 is 0 Å². The Bertz CT molecular complexity index is 481. The predicted octanol–water partition coefficient (Wildman–Crippen LogP) is 1.24. The van der Waals surface area contributed by atoms with Gasteiger partial charge in [0.25, 0.3) is 0 Å². The monoisotopic (exact) mass is 180 g/mol. The maximum atomic E-state index is 10.7. The third kappa shape index (κ3) is 0.932. The molecule has 0 aliphatic heterocycles. The van der Waals surface area contributed by atoms with E-state index in [4.69, 9.17) is 9.52 Å². The highest BCUT2D eigenvalue weighted by Gasteiger charge is 2.17. The van der Waals surface area contributed by atoms with Crippen LogP contribution >= 0.6 is 0 Å². The molecule has 0 radical (unpaired) electrons. The minimum atomic E-state index is -1.02. The summed E-state index contributed by atoms with van der Waals surface area (Å²) in [4.78, 5) is 10.7. The molecular weight excluding hydrogens is 172 g/mol. The Morgan fingerprint density at radius 3 is 2.92 bits per heavy atom. The first-order chi connectivity index (χ1) is 6.11. The van der Waals surface area contributed by atoms with Gasteiger partial charge in [0.15, 0.2) is 0 Å². The molecule has 2 aromatic rings. The van der Waals surface area contributed by atoms with Gasteiger partial charge in [0.2, 0.25) is 5.71 Å². The standard InChI is InChI=1S/C8H8N2O3/c1-4-5(2)13-7-6(8(11)12)3-9-10(4)7/h3H,1-2H3,(H,11,12). The van der Waals surface area contributed by atoms with Gasteiger partial charge in [-0.15, -0.1) is 0 Å². The van der Waals surface area contributed by atoms with Crippen LogP contribution in [0.4, 0.5) is 0 Å². The lowest BCUT2D eigenvalue weighted by molar-refractivity contribution is 0.0698. The lowest BCUT2D eigenvalue weighted by Gasteiger charge is -1.83. The minimum Gasteiger partial charge on any atom is -0.477 e. The second-order valence-electron chi connectivity index (χ2n) is 2.82. The van der Waals surface area contributed by atoms with Crippen LogP contribution in [0.1, 0.15) is 21.8 Å². The van der Waals surface area contributed by atoms with Crippen LogP contribution in [0, 0.1) is 13.8 Å². The number of oxazole rings is 1. The summed E-state index contributed by atoms with van der Waals surface area (Å²) >= 11 is 0. The van der Waals surface area contributed by atoms with E-state index in [1.807, 2.05) is 6.92 Å². The van der Waals surface area contributed by atoms with Crippen molar-refractivity contribution in [2.45, 2.75) is 13.8 Å². The highest BCUT2D eigenvalue weighted by molar-refractivity contribution is 5.93. The fraction of sp³-hybridized carbons (Fsp3) is 0.250. The van der Waals surface area contributed by atoms with Gasteiger partial charge in [-0.2, -0.15) is 5.10 Å². The fourth-order valence-electron chi connectivity index (χ4n) is 1.19. The maximum Gasteiger partial charge on any atom is 0.342 e. The summed E-state index contributed by atoms with van der Waals surface area (Å²) in [6.07, 6.45) is 1.29. The van der Waals surface area contributed by atoms with Gasteiger partial charge in [-0.05, 0) is 13.8 Å². The Balaban J connectivity index is 2.82. The van der Waals surface area contributed by atoms with Gasteiger partial charge in [-0.3, -0.25) is 0 Å². The second-order valence-corrected chi connectivity index (χ2v) is 2.82. The first kappa shape index (κ1) is 7.85. The lowest BCUT2D eigenvalue weighted by atomic mass is 10.4. The van der Waals surface area contributed by atoms with Crippen molar-refractivity contribution in [1.29, 1.82) is 0 Å². The molecule has 0 aromatic carbocycles. The first-order valence-corrected chi connectivity index (χ1v) is 3.78. The van der Waals surface area contributed by atoms with Crippen molar-refractivity contribution >= 4 is 11.7 Å². The lowest BCUT2D eigenvalue weighted by Crippen LogP contribution is -1.93. The second kappa shape index (κ2) is 2.35. The van der Waals surface area contributed by atoms with Gasteiger partial charge >= 0.3 is 5.97 Å². The zero-order valence-corrected chi connectivity index (χ0v) is 7.24. The molecule has 0 aliphatic carbocycles. The normalized spacial score (nSPS) is 10.9. The molecule has 0 saturated carbocycles. The summed E-state index contributed by atoms with van der Waals surface area (Å²) in [6, 6.07) is 0. The first-order valence-electron chi connectivity index (χ1n) is 3.78. The van der Waals surface area contributed by atoms with Crippen molar-refractivity contribution < 1.29 is 14.3 Å². The molecule has 0 fully saturated rings. The number of hydrogen-bond donors (Lipinski definition) is 1. The van der Waals surface area contributed by atoms with Crippen LogP contribution < -0.4 is 0 Å². The van der Waals surface area contributed by atoms with E-state index in [0.717, 1.165) is 5.69 Å². The molecule has 0 spiro atoms. The van der Waals surface area contributed by atoms with Crippen molar-refractivity contribution in [3.8, 4) is 0 Å². The molecule has 0 amide bonds. The van der Waals surface area contributed by atoms with Gasteiger partial charge in [0, 0.05) is 0 Å². The average Bonchev–Trinajstić information content (AvgIpc) is 2.55. The topological polar surface area (TPSA) is 67.7 Å². The van der Waals surface area contributed by atoms with Crippen LogP contribution in [-0.2, 0) is 0 Å². The number of nitrogens with zero attached hydrogens (tertiary/aromatic N) is 2. The Hall–Kier alpha value is -1.78. The molecule has 0 bridgehead atoms. The summed E-state index contributed by atoms with van der Waals surface area (Å²) in [5.74, 6) is -0.339. The highest BCUT2D eigenvalue weighted by atomic mass is 16.4. The van der Waals surface area contributed by atoms with Gasteiger partial charge in [-0.25, -0.2) is 9.31 Å². The number of fused-ring (bicyclic) bond motifs is 1. The Morgan fingerprint density at radius 2 is 2.31 bits per heavy atom. The van der Waals surface area contributed by atoms with E-state index in [-0.39, 0.29) is 5.56 Å². The largest absolute Gasteiger partial charge is 0.477 e. The summed E-state index contributed by atoms with van der Waals surface area (Å²) in [5.41, 5.74) is 1.21.